The Bertz CT molecular complexity index is 1150. The van der Waals surface area contributed by atoms with E-state index in [1.165, 1.54) is 18.4 Å². The minimum atomic E-state index is -0.296. The van der Waals surface area contributed by atoms with Crippen molar-refractivity contribution >= 4 is 17.3 Å². The Labute approximate surface area is 184 Å². The molecule has 1 heterocycles. The first-order valence-electron chi connectivity index (χ1n) is 11.4. The van der Waals surface area contributed by atoms with E-state index >= 15 is 0 Å². The molecule has 0 spiro atoms. The minimum Gasteiger partial charge on any atom is -0.358 e. The van der Waals surface area contributed by atoms with Crippen LogP contribution in [0.2, 0.25) is 0 Å². The fourth-order valence-corrected chi connectivity index (χ4v) is 5.38. The molecular weight excluding hydrogens is 382 g/mol. The highest BCUT2D eigenvalue weighted by atomic mass is 16.1. The number of hydrogen-bond acceptors (Lipinski definition) is 3. The molecule has 0 fully saturated rings. The Hall–Kier alpha value is -2.94. The summed E-state index contributed by atoms with van der Waals surface area (Å²) in [7, 11) is 0. The summed E-state index contributed by atoms with van der Waals surface area (Å²) in [6.45, 7) is 6.49. The number of rotatable bonds is 4. The van der Waals surface area contributed by atoms with Crippen LogP contribution in [-0.2, 0) is 11.2 Å². The molecule has 5 rings (SSSR count). The van der Waals surface area contributed by atoms with Crippen LogP contribution in [0.3, 0.4) is 0 Å². The van der Waals surface area contributed by atoms with Crippen molar-refractivity contribution in [3.63, 3.8) is 0 Å². The van der Waals surface area contributed by atoms with Crippen LogP contribution in [0.1, 0.15) is 79.4 Å². The van der Waals surface area contributed by atoms with Crippen molar-refractivity contribution in [3.8, 4) is 0 Å². The van der Waals surface area contributed by atoms with Crippen molar-refractivity contribution in [3.05, 3.63) is 87.6 Å². The average Bonchev–Trinajstić information content (AvgIpc) is 3.02. The van der Waals surface area contributed by atoms with Crippen molar-refractivity contribution in [2.45, 2.75) is 58.8 Å². The van der Waals surface area contributed by atoms with Gasteiger partial charge in [0.05, 0.1) is 5.70 Å². The number of dihydropyridines is 1. The maximum absolute atomic E-state index is 13.5. The lowest BCUT2D eigenvalue weighted by atomic mass is 9.68. The van der Waals surface area contributed by atoms with Crippen LogP contribution in [0.25, 0.3) is 5.70 Å². The average molecular weight is 412 g/mol. The quantitative estimate of drug-likeness (QED) is 0.674. The highest BCUT2D eigenvalue weighted by molar-refractivity contribution is 6.23. The van der Waals surface area contributed by atoms with Gasteiger partial charge in [-0.25, -0.2) is 0 Å². The molecule has 0 amide bonds. The van der Waals surface area contributed by atoms with Crippen molar-refractivity contribution in [2.75, 3.05) is 0 Å². The third-order valence-corrected chi connectivity index (χ3v) is 6.86. The summed E-state index contributed by atoms with van der Waals surface area (Å²) in [5, 5.41) is 3.55. The number of hydrogen-bond donors (Lipinski definition) is 1. The number of allylic oxidation sites excluding steroid dienone is 3. The Morgan fingerprint density at radius 3 is 2.35 bits per heavy atom. The van der Waals surface area contributed by atoms with E-state index in [1.54, 1.807) is 0 Å². The zero-order chi connectivity index (χ0) is 21.8. The van der Waals surface area contributed by atoms with Crippen LogP contribution in [0, 0.1) is 5.41 Å². The number of carbonyl (C=O) groups is 2. The molecule has 158 valence electrons. The monoisotopic (exact) mass is 411 g/mol. The van der Waals surface area contributed by atoms with E-state index in [-0.39, 0.29) is 22.9 Å². The van der Waals surface area contributed by atoms with Gasteiger partial charge in [0.1, 0.15) is 0 Å². The van der Waals surface area contributed by atoms with Crippen molar-refractivity contribution in [1.29, 1.82) is 0 Å². The van der Waals surface area contributed by atoms with Gasteiger partial charge in [0.2, 0.25) is 0 Å². The van der Waals surface area contributed by atoms with Gasteiger partial charge in [-0.1, -0.05) is 75.7 Å². The second kappa shape index (κ2) is 7.33. The molecule has 3 heteroatoms. The van der Waals surface area contributed by atoms with Gasteiger partial charge in [-0.05, 0) is 35.8 Å². The van der Waals surface area contributed by atoms with E-state index in [4.69, 9.17) is 0 Å². The third kappa shape index (κ3) is 3.27. The van der Waals surface area contributed by atoms with Crippen LogP contribution in [0.5, 0.6) is 0 Å². The van der Waals surface area contributed by atoms with E-state index < -0.39 is 0 Å². The van der Waals surface area contributed by atoms with E-state index in [9.17, 15) is 9.59 Å². The Balaban J connectivity index is 1.65. The molecular formula is C28H29NO2. The standard InChI is InChI=1S/C28H29NO2/c1-4-5-8-17-11-13-18(14-12-17)23-24-21(15-28(2,3)16-22(24)30)29-26-19-9-6-7-10-20(19)27(31)25(23)26/h6-7,9-14,23,29H,4-5,8,15-16H2,1-3H3/t23-/m1/s1. The SMILES string of the molecule is CCCCc1ccc([C@@H]2C3=C(CC(C)(C)CC3=O)NC3=C2C(=O)c2ccccc23)cc1. The predicted molar refractivity (Wildman–Crippen MR) is 124 cm³/mol. The molecule has 31 heavy (non-hydrogen) atoms. The summed E-state index contributed by atoms with van der Waals surface area (Å²) < 4.78 is 0. The first kappa shape index (κ1) is 20.0. The number of Topliss-reactive ketones (excluding diaryl/α,β-unsaturated/α-hetero) is 2. The molecule has 3 aliphatic rings. The lowest BCUT2D eigenvalue weighted by Gasteiger charge is -2.39. The number of carbonyl (C=O) groups excluding carboxylic acids is 2. The highest BCUT2D eigenvalue weighted by Crippen LogP contribution is 2.51. The van der Waals surface area contributed by atoms with E-state index in [0.29, 0.717) is 6.42 Å². The fourth-order valence-electron chi connectivity index (χ4n) is 5.38. The number of aryl methyl sites for hydroxylation is 1. The number of benzene rings is 2. The third-order valence-electron chi connectivity index (χ3n) is 6.86. The number of unbranched alkanes of at least 4 members (excludes halogenated alkanes) is 1. The molecule has 1 atom stereocenters. The van der Waals surface area contributed by atoms with Crippen LogP contribution in [0.15, 0.2) is 65.4 Å². The second-order valence-corrected chi connectivity index (χ2v) is 9.90. The summed E-state index contributed by atoms with van der Waals surface area (Å²) in [5.74, 6) is -0.0913. The zero-order valence-electron chi connectivity index (χ0n) is 18.5. The van der Waals surface area contributed by atoms with Gasteiger partial charge < -0.3 is 5.32 Å². The molecule has 0 saturated carbocycles. The highest BCUT2D eigenvalue weighted by Gasteiger charge is 2.46. The molecule has 2 aromatic carbocycles. The molecule has 0 aromatic heterocycles. The maximum atomic E-state index is 13.5. The van der Waals surface area contributed by atoms with Crippen LogP contribution >= 0.6 is 0 Å². The smallest absolute Gasteiger partial charge is 0.192 e. The summed E-state index contributed by atoms with van der Waals surface area (Å²) in [6, 6.07) is 16.4. The molecule has 2 aromatic rings. The molecule has 1 N–H and O–H groups in total. The second-order valence-electron chi connectivity index (χ2n) is 9.90. The molecule has 3 nitrogen and oxygen atoms in total. The van der Waals surface area contributed by atoms with E-state index in [1.807, 2.05) is 24.3 Å². The summed E-state index contributed by atoms with van der Waals surface area (Å²) in [4.78, 5) is 26.9. The van der Waals surface area contributed by atoms with E-state index in [2.05, 4.69) is 50.4 Å². The van der Waals surface area contributed by atoms with Gasteiger partial charge in [0.25, 0.3) is 0 Å². The molecule has 2 aliphatic carbocycles. The Morgan fingerprint density at radius 1 is 0.935 bits per heavy atom. The van der Waals surface area contributed by atoms with Gasteiger partial charge in [-0.15, -0.1) is 0 Å². The Kier molecular flexibility index (Phi) is 4.73. The molecule has 0 bridgehead atoms. The molecule has 0 unspecified atom stereocenters. The van der Waals surface area contributed by atoms with Crippen LogP contribution in [-0.4, -0.2) is 11.6 Å². The lowest BCUT2D eigenvalue weighted by Crippen LogP contribution is -2.37. The normalized spacial score (nSPS) is 21.6. The van der Waals surface area contributed by atoms with Gasteiger partial charge in [-0.2, -0.15) is 0 Å². The van der Waals surface area contributed by atoms with Gasteiger partial charge in [0, 0.05) is 40.3 Å². The van der Waals surface area contributed by atoms with Crippen molar-refractivity contribution < 1.29 is 9.59 Å². The minimum absolute atomic E-state index is 0.0438. The predicted octanol–water partition coefficient (Wildman–Crippen LogP) is 5.97. The first-order chi connectivity index (χ1) is 14.9. The first-order valence-corrected chi connectivity index (χ1v) is 11.4. The topological polar surface area (TPSA) is 46.2 Å². The fraction of sp³-hybridized carbons (Fsp3) is 0.357. The van der Waals surface area contributed by atoms with Gasteiger partial charge in [0.15, 0.2) is 11.6 Å². The molecule has 1 aliphatic heterocycles. The molecule has 0 saturated heterocycles. The molecule has 0 radical (unpaired) electrons. The number of ketones is 2. The van der Waals surface area contributed by atoms with Crippen molar-refractivity contribution in [2.24, 2.45) is 5.41 Å². The summed E-state index contributed by atoms with van der Waals surface area (Å²) in [6.07, 6.45) is 4.72. The largest absolute Gasteiger partial charge is 0.358 e. The van der Waals surface area contributed by atoms with Crippen LogP contribution < -0.4 is 5.32 Å². The van der Waals surface area contributed by atoms with Gasteiger partial charge in [-0.3, -0.25) is 9.59 Å². The lowest BCUT2D eigenvalue weighted by molar-refractivity contribution is -0.118. The van der Waals surface area contributed by atoms with Gasteiger partial charge >= 0.3 is 0 Å². The summed E-state index contributed by atoms with van der Waals surface area (Å²) in [5.41, 5.74) is 7.35. The maximum Gasteiger partial charge on any atom is 0.192 e. The number of nitrogens with one attached hydrogen (secondary N) is 1. The van der Waals surface area contributed by atoms with E-state index in [0.717, 1.165) is 52.1 Å². The Morgan fingerprint density at radius 2 is 1.65 bits per heavy atom. The zero-order valence-corrected chi connectivity index (χ0v) is 18.5. The number of fused-ring (bicyclic) bond motifs is 2. The van der Waals surface area contributed by atoms with Crippen molar-refractivity contribution in [1.82, 2.24) is 5.32 Å². The summed E-state index contributed by atoms with van der Waals surface area (Å²) >= 11 is 0. The van der Waals surface area contributed by atoms with Crippen LogP contribution in [0.4, 0.5) is 0 Å².